The highest BCUT2D eigenvalue weighted by Crippen LogP contribution is 2.40. The van der Waals surface area contributed by atoms with E-state index in [4.69, 9.17) is 46.4 Å². The summed E-state index contributed by atoms with van der Waals surface area (Å²) in [6.07, 6.45) is 0. The fourth-order valence-electron chi connectivity index (χ4n) is 2.45. The van der Waals surface area contributed by atoms with Crippen LogP contribution >= 0.6 is 46.4 Å². The van der Waals surface area contributed by atoms with Gasteiger partial charge < -0.3 is 0 Å². The number of sulfone groups is 1. The summed E-state index contributed by atoms with van der Waals surface area (Å²) in [6, 6.07) is 4.16. The predicted octanol–water partition coefficient (Wildman–Crippen LogP) is 5.12. The van der Waals surface area contributed by atoms with E-state index < -0.39 is 52.6 Å². The topological polar surface area (TPSA) is 120 Å². The van der Waals surface area contributed by atoms with Gasteiger partial charge in [0.15, 0.2) is 0 Å². The summed E-state index contributed by atoms with van der Waals surface area (Å²) in [4.78, 5) is 19.8. The van der Waals surface area contributed by atoms with Crippen molar-refractivity contribution in [2.75, 3.05) is 0 Å². The summed E-state index contributed by atoms with van der Waals surface area (Å²) in [6.45, 7) is 0. The average Bonchev–Trinajstić information content (AvgIpc) is 2.59. The number of hydrogen-bond donors (Lipinski definition) is 0. The molecule has 0 aliphatic rings. The van der Waals surface area contributed by atoms with E-state index in [1.807, 2.05) is 0 Å². The molecule has 2 aromatic rings. The molecule has 0 saturated heterocycles. The maximum atomic E-state index is 13.1. The van der Waals surface area contributed by atoms with Crippen molar-refractivity contribution in [3.8, 4) is 0 Å². The molecule has 0 amide bonds. The molecule has 0 heterocycles. The van der Waals surface area contributed by atoms with Crippen LogP contribution in [0.4, 0.5) is 11.4 Å². The minimum atomic E-state index is -4.47. The van der Waals surface area contributed by atoms with Crippen LogP contribution in [0.1, 0.15) is 11.1 Å². The standard InChI is InChI=1S/C14H8Cl4N2O6S/c15-5-7-11(3-1-9(17)13(7)19(21)22)27(25,26)12-4-2-10(18)14(20(23)24)8(12)6-16/h1-4H,5-6H2. The van der Waals surface area contributed by atoms with Crippen molar-refractivity contribution in [1.29, 1.82) is 0 Å². The Hall–Kier alpha value is -1.65. The number of hydrogen-bond acceptors (Lipinski definition) is 6. The van der Waals surface area contributed by atoms with E-state index in [1.54, 1.807) is 0 Å². The summed E-state index contributed by atoms with van der Waals surface area (Å²) < 4.78 is 26.2. The molecule has 2 aromatic carbocycles. The van der Waals surface area contributed by atoms with Gasteiger partial charge in [0.2, 0.25) is 9.84 Å². The van der Waals surface area contributed by atoms with Crippen molar-refractivity contribution < 1.29 is 18.3 Å². The Bertz CT molecular complexity index is 981. The molecule has 2 rings (SSSR count). The first-order valence-corrected chi connectivity index (χ1v) is 10.2. The van der Waals surface area contributed by atoms with Crippen molar-refractivity contribution in [3.05, 3.63) is 65.7 Å². The van der Waals surface area contributed by atoms with Gasteiger partial charge in [0, 0.05) is 0 Å². The molecular weight excluding hydrogens is 466 g/mol. The van der Waals surface area contributed by atoms with Gasteiger partial charge in [-0.1, -0.05) is 23.2 Å². The second-order valence-corrected chi connectivity index (χ2v) is 8.27. The number of alkyl halides is 2. The van der Waals surface area contributed by atoms with Gasteiger partial charge in [-0.25, -0.2) is 8.42 Å². The maximum Gasteiger partial charge on any atom is 0.293 e. The van der Waals surface area contributed by atoms with Crippen molar-refractivity contribution in [2.45, 2.75) is 21.6 Å². The molecule has 13 heteroatoms. The van der Waals surface area contributed by atoms with Crippen LogP contribution in [0.3, 0.4) is 0 Å². The Morgan fingerprint density at radius 3 is 1.37 bits per heavy atom. The molecule has 0 spiro atoms. The third-order valence-electron chi connectivity index (χ3n) is 3.59. The number of nitrogens with zero attached hydrogens (tertiary/aromatic N) is 2. The number of nitro groups is 2. The normalized spacial score (nSPS) is 11.4. The molecule has 0 atom stereocenters. The van der Waals surface area contributed by atoms with E-state index in [9.17, 15) is 28.6 Å². The van der Waals surface area contributed by atoms with Gasteiger partial charge in [-0.15, -0.1) is 23.2 Å². The van der Waals surface area contributed by atoms with Crippen LogP contribution in [0.25, 0.3) is 0 Å². The highest BCUT2D eigenvalue weighted by atomic mass is 35.5. The van der Waals surface area contributed by atoms with Crippen LogP contribution in [0, 0.1) is 20.2 Å². The highest BCUT2D eigenvalue weighted by molar-refractivity contribution is 7.91. The van der Waals surface area contributed by atoms with E-state index in [-0.39, 0.29) is 21.2 Å². The summed E-state index contributed by atoms with van der Waals surface area (Å²) in [5, 5.41) is 21.9. The van der Waals surface area contributed by atoms with Gasteiger partial charge in [0.05, 0.1) is 42.5 Å². The first-order chi connectivity index (χ1) is 12.6. The van der Waals surface area contributed by atoms with Gasteiger partial charge >= 0.3 is 0 Å². The Labute approximate surface area is 172 Å². The minimum absolute atomic E-state index is 0.297. The van der Waals surface area contributed by atoms with Crippen LogP contribution in [0.5, 0.6) is 0 Å². The van der Waals surface area contributed by atoms with Crippen LogP contribution in [-0.2, 0) is 21.6 Å². The lowest BCUT2D eigenvalue weighted by atomic mass is 10.2. The zero-order chi connectivity index (χ0) is 20.5. The van der Waals surface area contributed by atoms with Crippen molar-refractivity contribution >= 4 is 67.6 Å². The minimum Gasteiger partial charge on any atom is -0.258 e. The van der Waals surface area contributed by atoms with Crippen molar-refractivity contribution in [3.63, 3.8) is 0 Å². The predicted molar refractivity (Wildman–Crippen MR) is 101 cm³/mol. The second kappa shape index (κ2) is 8.15. The molecule has 0 aromatic heterocycles. The molecular formula is C14H8Cl4N2O6S. The van der Waals surface area contributed by atoms with Gasteiger partial charge in [-0.3, -0.25) is 20.2 Å². The highest BCUT2D eigenvalue weighted by Gasteiger charge is 2.33. The van der Waals surface area contributed by atoms with E-state index in [2.05, 4.69) is 0 Å². The summed E-state index contributed by atoms with van der Waals surface area (Å²) in [7, 11) is -4.47. The fourth-order valence-corrected chi connectivity index (χ4v) is 5.36. The molecule has 144 valence electrons. The SMILES string of the molecule is O=[N+]([O-])c1c(Cl)ccc(S(=O)(=O)c2ccc(Cl)c([N+](=O)[O-])c2CCl)c1CCl. The second-order valence-electron chi connectivity index (χ2n) is 5.03. The summed E-state index contributed by atoms with van der Waals surface area (Å²) in [5.41, 5.74) is -2.01. The Balaban J connectivity index is 2.90. The molecule has 0 aliphatic heterocycles. The van der Waals surface area contributed by atoms with E-state index >= 15 is 0 Å². The Morgan fingerprint density at radius 2 is 1.11 bits per heavy atom. The lowest BCUT2D eigenvalue weighted by molar-refractivity contribution is -0.385. The number of rotatable bonds is 6. The summed E-state index contributed by atoms with van der Waals surface area (Å²) >= 11 is 23.1. The first-order valence-electron chi connectivity index (χ1n) is 6.86. The van der Waals surface area contributed by atoms with E-state index in [0.717, 1.165) is 24.3 Å². The number of halogens is 4. The van der Waals surface area contributed by atoms with E-state index in [1.165, 1.54) is 0 Å². The average molecular weight is 474 g/mol. The Kier molecular flexibility index (Phi) is 6.54. The molecule has 0 fully saturated rings. The molecule has 0 radical (unpaired) electrons. The monoisotopic (exact) mass is 472 g/mol. The van der Waals surface area contributed by atoms with Crippen LogP contribution in [-0.4, -0.2) is 18.3 Å². The van der Waals surface area contributed by atoms with Gasteiger partial charge in [-0.05, 0) is 24.3 Å². The van der Waals surface area contributed by atoms with Crippen LogP contribution in [0.15, 0.2) is 34.1 Å². The quantitative estimate of drug-likeness (QED) is 0.326. The number of nitro benzene ring substituents is 2. The third-order valence-corrected chi connectivity index (χ3v) is 6.66. The molecule has 0 bridgehead atoms. The molecule has 8 nitrogen and oxygen atoms in total. The molecule has 0 aliphatic carbocycles. The van der Waals surface area contributed by atoms with Crippen LogP contribution in [0.2, 0.25) is 10.0 Å². The lowest BCUT2D eigenvalue weighted by Crippen LogP contribution is -2.11. The van der Waals surface area contributed by atoms with Crippen molar-refractivity contribution in [2.24, 2.45) is 0 Å². The van der Waals surface area contributed by atoms with Gasteiger partial charge in [-0.2, -0.15) is 0 Å². The Morgan fingerprint density at radius 1 is 0.778 bits per heavy atom. The van der Waals surface area contributed by atoms with Gasteiger partial charge in [0.1, 0.15) is 10.0 Å². The number of benzene rings is 2. The molecule has 0 unspecified atom stereocenters. The smallest absolute Gasteiger partial charge is 0.258 e. The maximum absolute atomic E-state index is 13.1. The van der Waals surface area contributed by atoms with E-state index in [0.29, 0.717) is 0 Å². The molecule has 0 N–H and O–H groups in total. The fraction of sp³-hybridized carbons (Fsp3) is 0.143. The molecule has 0 saturated carbocycles. The summed E-state index contributed by atoms with van der Waals surface area (Å²) in [5.74, 6) is -1.06. The van der Waals surface area contributed by atoms with Gasteiger partial charge in [0.25, 0.3) is 11.4 Å². The lowest BCUT2D eigenvalue weighted by Gasteiger charge is -2.13. The third kappa shape index (κ3) is 3.83. The molecule has 27 heavy (non-hydrogen) atoms. The van der Waals surface area contributed by atoms with Crippen LogP contribution < -0.4 is 0 Å². The largest absolute Gasteiger partial charge is 0.293 e. The zero-order valence-electron chi connectivity index (χ0n) is 13.0. The zero-order valence-corrected chi connectivity index (χ0v) is 16.8. The first kappa shape index (κ1) is 21.6. The van der Waals surface area contributed by atoms with Crippen molar-refractivity contribution in [1.82, 2.24) is 0 Å².